The Morgan fingerprint density at radius 3 is 2.24 bits per heavy atom. The number of alkyl halides is 3. The van der Waals surface area contributed by atoms with Crippen LogP contribution in [-0.2, 0) is 11.0 Å². The zero-order chi connectivity index (χ0) is 18.5. The number of rotatable bonds is 6. The lowest BCUT2D eigenvalue weighted by atomic mass is 10.0. The van der Waals surface area contributed by atoms with Gasteiger partial charge in [-0.25, -0.2) is 0 Å². The molecule has 0 aliphatic rings. The summed E-state index contributed by atoms with van der Waals surface area (Å²) in [6, 6.07) is 2.40. The molecule has 1 unspecified atom stereocenters. The number of benzene rings is 1. The molecule has 0 aromatic heterocycles. The Morgan fingerprint density at radius 1 is 1.20 bits per heavy atom. The van der Waals surface area contributed by atoms with Gasteiger partial charge in [0.1, 0.15) is 0 Å². The van der Waals surface area contributed by atoms with Crippen molar-refractivity contribution in [2.24, 2.45) is 11.7 Å². The van der Waals surface area contributed by atoms with Crippen LogP contribution in [0.25, 0.3) is 0 Å². The van der Waals surface area contributed by atoms with Crippen molar-refractivity contribution in [1.29, 1.82) is 0 Å². The molecule has 142 valence electrons. The van der Waals surface area contributed by atoms with E-state index in [1.807, 2.05) is 13.8 Å². The van der Waals surface area contributed by atoms with E-state index >= 15 is 0 Å². The fraction of sp³-hybridized carbons (Fsp3) is 0.500. The van der Waals surface area contributed by atoms with E-state index in [0.29, 0.717) is 6.42 Å². The minimum Gasteiger partial charge on any atom is -0.348 e. The smallest absolute Gasteiger partial charge is 0.348 e. The average Bonchev–Trinajstić information content (AvgIpc) is 2.43. The van der Waals surface area contributed by atoms with Crippen LogP contribution in [0.1, 0.15) is 43.1 Å². The third kappa shape index (κ3) is 7.74. The summed E-state index contributed by atoms with van der Waals surface area (Å²) < 4.78 is 39.0. The first-order valence-electron chi connectivity index (χ1n) is 7.53. The second-order valence-corrected chi connectivity index (χ2v) is 6.01. The van der Waals surface area contributed by atoms with Crippen molar-refractivity contribution >= 4 is 29.9 Å². The molecule has 2 amide bonds. The summed E-state index contributed by atoms with van der Waals surface area (Å²) in [5.74, 6) is -0.917. The number of amides is 2. The van der Waals surface area contributed by atoms with Crippen molar-refractivity contribution in [2.75, 3.05) is 11.9 Å². The van der Waals surface area contributed by atoms with Gasteiger partial charge in [0.05, 0.1) is 5.56 Å². The van der Waals surface area contributed by atoms with Crippen LogP contribution in [0.5, 0.6) is 0 Å². The van der Waals surface area contributed by atoms with Gasteiger partial charge >= 0.3 is 6.18 Å². The minimum atomic E-state index is -4.63. The Morgan fingerprint density at radius 2 is 1.80 bits per heavy atom. The van der Waals surface area contributed by atoms with Gasteiger partial charge in [0, 0.05) is 30.8 Å². The SMILES string of the molecule is CC(=O)Nc1cc(C(=O)NC(CN)CC(C)C)cc(C(F)(F)F)c1.Cl. The van der Waals surface area contributed by atoms with Crippen LogP contribution in [0, 0.1) is 5.92 Å². The van der Waals surface area contributed by atoms with Crippen LogP contribution >= 0.6 is 12.4 Å². The van der Waals surface area contributed by atoms with Crippen molar-refractivity contribution in [3.63, 3.8) is 0 Å². The van der Waals surface area contributed by atoms with Gasteiger partial charge < -0.3 is 16.4 Å². The van der Waals surface area contributed by atoms with Gasteiger partial charge in [-0.05, 0) is 30.5 Å². The molecular formula is C16H23ClF3N3O2. The maximum absolute atomic E-state index is 13.0. The van der Waals surface area contributed by atoms with E-state index in [0.717, 1.165) is 12.1 Å². The van der Waals surface area contributed by atoms with Crippen LogP contribution in [-0.4, -0.2) is 24.4 Å². The molecular weight excluding hydrogens is 359 g/mol. The lowest BCUT2D eigenvalue weighted by Gasteiger charge is -2.19. The van der Waals surface area contributed by atoms with Crippen LogP contribution in [0.3, 0.4) is 0 Å². The molecule has 5 nitrogen and oxygen atoms in total. The molecule has 0 bridgehead atoms. The minimum absolute atomic E-state index is 0. The summed E-state index contributed by atoms with van der Waals surface area (Å²) in [7, 11) is 0. The zero-order valence-electron chi connectivity index (χ0n) is 14.2. The van der Waals surface area contributed by atoms with Gasteiger partial charge in [0.15, 0.2) is 0 Å². The first-order chi connectivity index (χ1) is 11.0. The Labute approximate surface area is 150 Å². The van der Waals surface area contributed by atoms with Crippen molar-refractivity contribution < 1.29 is 22.8 Å². The van der Waals surface area contributed by atoms with Gasteiger partial charge in [-0.1, -0.05) is 13.8 Å². The molecule has 1 aromatic rings. The molecule has 0 aliphatic heterocycles. The highest BCUT2D eigenvalue weighted by atomic mass is 35.5. The molecule has 4 N–H and O–H groups in total. The fourth-order valence-corrected chi connectivity index (χ4v) is 2.25. The second-order valence-electron chi connectivity index (χ2n) is 6.01. The lowest BCUT2D eigenvalue weighted by Crippen LogP contribution is -2.41. The van der Waals surface area contributed by atoms with Crippen molar-refractivity contribution in [3.8, 4) is 0 Å². The lowest BCUT2D eigenvalue weighted by molar-refractivity contribution is -0.137. The molecule has 0 saturated heterocycles. The van der Waals surface area contributed by atoms with E-state index in [4.69, 9.17) is 5.73 Å². The van der Waals surface area contributed by atoms with Crippen molar-refractivity contribution in [3.05, 3.63) is 29.3 Å². The van der Waals surface area contributed by atoms with E-state index in [-0.39, 0.29) is 42.2 Å². The Balaban J connectivity index is 0.00000576. The first kappa shape index (κ1) is 23.2. The fourth-order valence-electron chi connectivity index (χ4n) is 2.25. The standard InChI is InChI=1S/C16H22F3N3O2.ClH/c1-9(2)4-14(8-20)22-15(24)11-5-12(16(17,18)19)7-13(6-11)21-10(3)23;/h5-7,9,14H,4,8,20H2,1-3H3,(H,21,23)(H,22,24);1H. The predicted molar refractivity (Wildman–Crippen MR) is 92.8 cm³/mol. The van der Waals surface area contributed by atoms with E-state index in [1.165, 1.54) is 13.0 Å². The summed E-state index contributed by atoms with van der Waals surface area (Å²) in [5.41, 5.74) is 4.31. The number of hydrogen-bond acceptors (Lipinski definition) is 3. The number of nitrogens with two attached hydrogens (primary N) is 1. The summed E-state index contributed by atoms with van der Waals surface area (Å²) in [5, 5.41) is 4.90. The molecule has 1 rings (SSSR count). The number of halogens is 4. The van der Waals surface area contributed by atoms with Gasteiger partial charge in [-0.15, -0.1) is 12.4 Å². The molecule has 0 fully saturated rings. The molecule has 1 atom stereocenters. The average molecular weight is 382 g/mol. The largest absolute Gasteiger partial charge is 0.416 e. The van der Waals surface area contributed by atoms with Crippen LogP contribution in [0.2, 0.25) is 0 Å². The Bertz CT molecular complexity index is 607. The molecule has 0 heterocycles. The molecule has 9 heteroatoms. The Kier molecular flexibility index (Phi) is 8.93. The van der Waals surface area contributed by atoms with E-state index < -0.39 is 23.6 Å². The van der Waals surface area contributed by atoms with Gasteiger partial charge in [0.2, 0.25) is 5.91 Å². The topological polar surface area (TPSA) is 84.2 Å². The summed E-state index contributed by atoms with van der Waals surface area (Å²) in [4.78, 5) is 23.4. The van der Waals surface area contributed by atoms with E-state index in [1.54, 1.807) is 0 Å². The third-order valence-electron chi connectivity index (χ3n) is 3.22. The maximum Gasteiger partial charge on any atom is 0.416 e. The highest BCUT2D eigenvalue weighted by molar-refractivity contribution is 5.97. The third-order valence-corrected chi connectivity index (χ3v) is 3.22. The Hall–Kier alpha value is -1.80. The highest BCUT2D eigenvalue weighted by Gasteiger charge is 2.32. The first-order valence-corrected chi connectivity index (χ1v) is 7.53. The number of hydrogen-bond donors (Lipinski definition) is 3. The molecule has 25 heavy (non-hydrogen) atoms. The van der Waals surface area contributed by atoms with Gasteiger partial charge in [0.25, 0.3) is 5.91 Å². The maximum atomic E-state index is 13.0. The predicted octanol–water partition coefficient (Wildman–Crippen LogP) is 3.19. The van der Waals surface area contributed by atoms with Crippen molar-refractivity contribution in [2.45, 2.75) is 39.4 Å². The zero-order valence-corrected chi connectivity index (χ0v) is 15.1. The van der Waals surface area contributed by atoms with E-state index in [9.17, 15) is 22.8 Å². The summed E-state index contributed by atoms with van der Waals surface area (Å²) in [6.07, 6.45) is -4.02. The molecule has 1 aromatic carbocycles. The van der Waals surface area contributed by atoms with Crippen molar-refractivity contribution in [1.82, 2.24) is 5.32 Å². The van der Waals surface area contributed by atoms with Crippen LogP contribution < -0.4 is 16.4 Å². The van der Waals surface area contributed by atoms with E-state index in [2.05, 4.69) is 10.6 Å². The molecule has 0 spiro atoms. The second kappa shape index (κ2) is 9.62. The number of nitrogens with one attached hydrogen (secondary N) is 2. The summed E-state index contributed by atoms with van der Waals surface area (Å²) in [6.45, 7) is 5.26. The number of carbonyl (C=O) groups is 2. The quantitative estimate of drug-likeness (QED) is 0.707. The monoisotopic (exact) mass is 381 g/mol. The van der Waals surface area contributed by atoms with Crippen LogP contribution in [0.4, 0.5) is 18.9 Å². The molecule has 0 saturated carbocycles. The van der Waals surface area contributed by atoms with Gasteiger partial charge in [-0.3, -0.25) is 9.59 Å². The number of anilines is 1. The van der Waals surface area contributed by atoms with Gasteiger partial charge in [-0.2, -0.15) is 13.2 Å². The molecule has 0 radical (unpaired) electrons. The normalized spacial score (nSPS) is 12.3. The van der Waals surface area contributed by atoms with Crippen LogP contribution in [0.15, 0.2) is 18.2 Å². The number of carbonyl (C=O) groups excluding carboxylic acids is 2. The summed E-state index contributed by atoms with van der Waals surface area (Å²) >= 11 is 0. The molecule has 0 aliphatic carbocycles. The highest BCUT2D eigenvalue weighted by Crippen LogP contribution is 2.32.